The summed E-state index contributed by atoms with van der Waals surface area (Å²) in [6.07, 6.45) is 2.09. The first-order chi connectivity index (χ1) is 10.1. The SMILES string of the molecule is NC(=O)COc1ccc(C2CC(=O)Nc3[nH]ncc32)cc1. The van der Waals surface area contributed by atoms with Crippen molar-refractivity contribution in [3.63, 3.8) is 0 Å². The molecule has 1 aromatic carbocycles. The molecule has 7 nitrogen and oxygen atoms in total. The number of hydrogen-bond acceptors (Lipinski definition) is 4. The number of ether oxygens (including phenoxy) is 1. The van der Waals surface area contributed by atoms with Crippen molar-refractivity contribution in [1.29, 1.82) is 0 Å². The van der Waals surface area contributed by atoms with Gasteiger partial charge in [-0.3, -0.25) is 14.7 Å². The number of hydrogen-bond donors (Lipinski definition) is 3. The van der Waals surface area contributed by atoms with Crippen LogP contribution in [0, 0.1) is 0 Å². The van der Waals surface area contributed by atoms with E-state index in [0.29, 0.717) is 18.0 Å². The number of carbonyl (C=O) groups is 2. The molecule has 0 aliphatic carbocycles. The second-order valence-electron chi connectivity index (χ2n) is 4.83. The number of fused-ring (bicyclic) bond motifs is 1. The van der Waals surface area contributed by atoms with E-state index in [9.17, 15) is 9.59 Å². The quantitative estimate of drug-likeness (QED) is 0.770. The first-order valence-electron chi connectivity index (χ1n) is 6.47. The molecule has 1 unspecified atom stereocenters. The van der Waals surface area contributed by atoms with Gasteiger partial charge < -0.3 is 15.8 Å². The number of nitrogens with zero attached hydrogens (tertiary/aromatic N) is 1. The van der Waals surface area contributed by atoms with Gasteiger partial charge in [-0.05, 0) is 17.7 Å². The molecule has 1 aliphatic heterocycles. The van der Waals surface area contributed by atoms with Crippen LogP contribution in [0.5, 0.6) is 5.75 Å². The number of anilines is 1. The summed E-state index contributed by atoms with van der Waals surface area (Å²) in [5.74, 6) is 0.588. The van der Waals surface area contributed by atoms with Crippen LogP contribution >= 0.6 is 0 Å². The van der Waals surface area contributed by atoms with Gasteiger partial charge in [0.15, 0.2) is 6.61 Å². The highest BCUT2D eigenvalue weighted by atomic mass is 16.5. The molecular weight excluding hydrogens is 272 g/mol. The maximum atomic E-state index is 11.7. The molecule has 0 saturated carbocycles. The maximum absolute atomic E-state index is 11.7. The van der Waals surface area contributed by atoms with Crippen LogP contribution in [-0.4, -0.2) is 28.6 Å². The van der Waals surface area contributed by atoms with Crippen LogP contribution in [0.2, 0.25) is 0 Å². The van der Waals surface area contributed by atoms with Gasteiger partial charge >= 0.3 is 0 Å². The van der Waals surface area contributed by atoms with Crippen molar-refractivity contribution in [3.05, 3.63) is 41.6 Å². The van der Waals surface area contributed by atoms with Crippen molar-refractivity contribution < 1.29 is 14.3 Å². The average molecular weight is 286 g/mol. The minimum atomic E-state index is -0.522. The van der Waals surface area contributed by atoms with Crippen molar-refractivity contribution in [1.82, 2.24) is 10.2 Å². The lowest BCUT2D eigenvalue weighted by Gasteiger charge is -2.22. The highest BCUT2D eigenvalue weighted by Crippen LogP contribution is 2.36. The molecule has 108 valence electrons. The van der Waals surface area contributed by atoms with Gasteiger partial charge in [-0.2, -0.15) is 5.10 Å². The number of amides is 2. The Balaban J connectivity index is 1.82. The third kappa shape index (κ3) is 2.71. The fraction of sp³-hybridized carbons (Fsp3) is 0.214. The predicted octanol–water partition coefficient (Wildman–Crippen LogP) is 0.748. The number of benzene rings is 1. The van der Waals surface area contributed by atoms with E-state index in [1.54, 1.807) is 18.3 Å². The van der Waals surface area contributed by atoms with Crippen molar-refractivity contribution >= 4 is 17.6 Å². The van der Waals surface area contributed by atoms with Gasteiger partial charge in [0.25, 0.3) is 5.91 Å². The van der Waals surface area contributed by atoms with Crippen LogP contribution in [0.3, 0.4) is 0 Å². The van der Waals surface area contributed by atoms with Crippen LogP contribution in [0.15, 0.2) is 30.5 Å². The molecule has 21 heavy (non-hydrogen) atoms. The summed E-state index contributed by atoms with van der Waals surface area (Å²) >= 11 is 0. The number of rotatable bonds is 4. The Bertz CT molecular complexity index is 678. The normalized spacial score (nSPS) is 17.0. The lowest BCUT2D eigenvalue weighted by Crippen LogP contribution is -2.23. The van der Waals surface area contributed by atoms with Crippen LogP contribution < -0.4 is 15.8 Å². The van der Waals surface area contributed by atoms with Crippen LogP contribution in [0.4, 0.5) is 5.82 Å². The molecule has 0 radical (unpaired) electrons. The zero-order chi connectivity index (χ0) is 14.8. The van der Waals surface area contributed by atoms with E-state index in [2.05, 4.69) is 15.5 Å². The second-order valence-corrected chi connectivity index (χ2v) is 4.83. The number of aromatic nitrogens is 2. The van der Waals surface area contributed by atoms with Crippen molar-refractivity contribution in [3.8, 4) is 5.75 Å². The van der Waals surface area contributed by atoms with E-state index in [1.807, 2.05) is 12.1 Å². The monoisotopic (exact) mass is 286 g/mol. The standard InChI is InChI=1S/C14H14N4O3/c15-12(19)7-21-9-3-1-8(2-4-9)10-5-13(20)17-14-11(10)6-16-18-14/h1-4,6,10H,5,7H2,(H2,15,19)(H2,16,17,18,20). The predicted molar refractivity (Wildman–Crippen MR) is 74.8 cm³/mol. The Labute approximate surface area is 120 Å². The average Bonchev–Trinajstić information content (AvgIpc) is 2.93. The van der Waals surface area contributed by atoms with Gasteiger partial charge in [0, 0.05) is 17.9 Å². The molecule has 0 saturated heterocycles. The van der Waals surface area contributed by atoms with Gasteiger partial charge in [0.2, 0.25) is 5.91 Å². The smallest absolute Gasteiger partial charge is 0.255 e. The first kappa shape index (κ1) is 13.2. The molecule has 2 heterocycles. The van der Waals surface area contributed by atoms with Gasteiger partial charge in [0.05, 0.1) is 6.20 Å². The molecule has 2 aromatic rings. The molecule has 4 N–H and O–H groups in total. The number of aromatic amines is 1. The summed E-state index contributed by atoms with van der Waals surface area (Å²) in [6, 6.07) is 7.25. The second kappa shape index (κ2) is 5.28. The molecular formula is C14H14N4O3. The van der Waals surface area contributed by atoms with Crippen molar-refractivity contribution in [2.45, 2.75) is 12.3 Å². The largest absolute Gasteiger partial charge is 0.484 e. The molecule has 0 fully saturated rings. The van der Waals surface area contributed by atoms with E-state index in [4.69, 9.17) is 10.5 Å². The Hall–Kier alpha value is -2.83. The number of carbonyl (C=O) groups excluding carboxylic acids is 2. The summed E-state index contributed by atoms with van der Waals surface area (Å²) in [4.78, 5) is 22.4. The van der Waals surface area contributed by atoms with Gasteiger partial charge in [-0.25, -0.2) is 0 Å². The molecule has 0 spiro atoms. The molecule has 3 rings (SSSR count). The zero-order valence-corrected chi connectivity index (χ0v) is 11.1. The Morgan fingerprint density at radius 2 is 2.14 bits per heavy atom. The van der Waals surface area contributed by atoms with E-state index >= 15 is 0 Å². The summed E-state index contributed by atoms with van der Waals surface area (Å²) in [6.45, 7) is -0.156. The third-order valence-electron chi connectivity index (χ3n) is 3.36. The minimum absolute atomic E-state index is 0.0438. The maximum Gasteiger partial charge on any atom is 0.255 e. The van der Waals surface area contributed by atoms with Crippen molar-refractivity contribution in [2.75, 3.05) is 11.9 Å². The number of H-pyrrole nitrogens is 1. The fourth-order valence-electron chi connectivity index (χ4n) is 2.39. The highest BCUT2D eigenvalue weighted by Gasteiger charge is 2.27. The Kier molecular flexibility index (Phi) is 3.31. The number of nitrogens with one attached hydrogen (secondary N) is 2. The molecule has 7 heteroatoms. The molecule has 1 atom stereocenters. The lowest BCUT2D eigenvalue weighted by molar-refractivity contribution is -0.120. The summed E-state index contributed by atoms with van der Waals surface area (Å²) in [7, 11) is 0. The molecule has 1 aliphatic rings. The minimum Gasteiger partial charge on any atom is -0.484 e. The molecule has 2 amide bonds. The Morgan fingerprint density at radius 3 is 2.86 bits per heavy atom. The van der Waals surface area contributed by atoms with E-state index < -0.39 is 5.91 Å². The van der Waals surface area contributed by atoms with Crippen LogP contribution in [0.25, 0.3) is 0 Å². The number of nitrogens with two attached hydrogens (primary N) is 1. The summed E-state index contributed by atoms with van der Waals surface area (Å²) in [5, 5.41) is 9.49. The fourth-order valence-corrected chi connectivity index (χ4v) is 2.39. The van der Waals surface area contributed by atoms with E-state index in [-0.39, 0.29) is 18.4 Å². The summed E-state index contributed by atoms with van der Waals surface area (Å²) in [5.41, 5.74) is 6.97. The van der Waals surface area contributed by atoms with Crippen LogP contribution in [0.1, 0.15) is 23.5 Å². The van der Waals surface area contributed by atoms with Gasteiger partial charge in [0.1, 0.15) is 11.6 Å². The summed E-state index contributed by atoms with van der Waals surface area (Å²) < 4.78 is 5.21. The third-order valence-corrected chi connectivity index (χ3v) is 3.36. The molecule has 1 aromatic heterocycles. The van der Waals surface area contributed by atoms with Crippen LogP contribution in [-0.2, 0) is 9.59 Å². The molecule has 0 bridgehead atoms. The van der Waals surface area contributed by atoms with Gasteiger partial charge in [-0.1, -0.05) is 12.1 Å². The van der Waals surface area contributed by atoms with Crippen molar-refractivity contribution in [2.24, 2.45) is 5.73 Å². The number of primary amides is 1. The van der Waals surface area contributed by atoms with Gasteiger partial charge in [-0.15, -0.1) is 0 Å². The van der Waals surface area contributed by atoms with E-state index in [0.717, 1.165) is 11.1 Å². The lowest BCUT2D eigenvalue weighted by atomic mass is 9.87. The van der Waals surface area contributed by atoms with E-state index in [1.165, 1.54) is 0 Å². The first-order valence-corrected chi connectivity index (χ1v) is 6.47. The topological polar surface area (TPSA) is 110 Å². The highest BCUT2D eigenvalue weighted by molar-refractivity contribution is 5.94. The zero-order valence-electron chi connectivity index (χ0n) is 11.1. The Morgan fingerprint density at radius 1 is 1.38 bits per heavy atom.